The van der Waals surface area contributed by atoms with Gasteiger partial charge in [0, 0.05) is 42.9 Å². The number of ether oxygens (including phenoxy) is 2. The summed E-state index contributed by atoms with van der Waals surface area (Å²) in [6.45, 7) is 3.98. The fourth-order valence-corrected chi connectivity index (χ4v) is 6.50. The molecule has 1 aromatic heterocycles. The number of hydrogen-bond acceptors (Lipinski definition) is 5. The lowest BCUT2D eigenvalue weighted by Crippen LogP contribution is -2.48. The number of amides is 1. The quantitative estimate of drug-likeness (QED) is 0.269. The van der Waals surface area contributed by atoms with Crippen molar-refractivity contribution in [2.45, 2.75) is 50.6 Å². The molecule has 12 heteroatoms. The van der Waals surface area contributed by atoms with Crippen LogP contribution in [0.5, 0.6) is 11.5 Å². The highest BCUT2D eigenvalue weighted by Crippen LogP contribution is 2.50. The molecule has 42 heavy (non-hydrogen) atoms. The number of hydrogen-bond donors (Lipinski definition) is 1. The van der Waals surface area contributed by atoms with Gasteiger partial charge in [-0.1, -0.05) is 41.4 Å². The molecule has 0 spiro atoms. The molecular weight excluding hydrogens is 597 g/mol. The number of fused-ring (bicyclic) bond motifs is 1. The van der Waals surface area contributed by atoms with E-state index >= 15 is 0 Å². The van der Waals surface area contributed by atoms with E-state index in [1.54, 1.807) is 24.3 Å². The lowest BCUT2D eigenvalue weighted by Gasteiger charge is -2.44. The number of nitrogens with zero attached hydrogens (tertiary/aromatic N) is 2. The summed E-state index contributed by atoms with van der Waals surface area (Å²) in [5.74, 6) is -0.623. The highest BCUT2D eigenvalue weighted by atomic mass is 35.5. The minimum atomic E-state index is -4.80. The van der Waals surface area contributed by atoms with Gasteiger partial charge in [0.15, 0.2) is 0 Å². The van der Waals surface area contributed by atoms with Crippen molar-refractivity contribution in [2.75, 3.05) is 19.6 Å². The third kappa shape index (κ3) is 6.45. The molecule has 0 aliphatic carbocycles. The molecule has 2 aliphatic heterocycles. The molecule has 3 heterocycles. The van der Waals surface area contributed by atoms with Gasteiger partial charge in [-0.2, -0.15) is 0 Å². The monoisotopic (exact) mass is 625 g/mol. The Balaban J connectivity index is 1.25. The van der Waals surface area contributed by atoms with Gasteiger partial charge >= 0.3 is 6.36 Å². The van der Waals surface area contributed by atoms with Crippen LogP contribution in [0.2, 0.25) is 10.0 Å². The summed E-state index contributed by atoms with van der Waals surface area (Å²) in [6, 6.07) is 10.5. The standard InChI is InChI=1S/C30H29Cl2F4N3O3/c1-18(9-12-38-28(40)27-23(31)16-37-17-24(27)32)39-13-10-20(11-14-39)29(15-22-25(33)3-2-4-26(22)42-29)19-5-7-21(8-6-19)41-30(34,35)36/h2-8,16-18,20H,9-15H2,1H3,(H,38,40). The van der Waals surface area contributed by atoms with E-state index in [9.17, 15) is 22.4 Å². The third-order valence-electron chi connectivity index (χ3n) is 8.12. The van der Waals surface area contributed by atoms with Crippen molar-refractivity contribution in [2.24, 2.45) is 5.92 Å². The van der Waals surface area contributed by atoms with E-state index in [2.05, 4.69) is 26.9 Å². The minimum absolute atomic E-state index is 0.0159. The van der Waals surface area contributed by atoms with Crippen molar-refractivity contribution in [1.82, 2.24) is 15.2 Å². The second-order valence-corrected chi connectivity index (χ2v) is 11.5. The Morgan fingerprint density at radius 2 is 1.81 bits per heavy atom. The highest BCUT2D eigenvalue weighted by Gasteiger charge is 2.49. The molecule has 3 aromatic rings. The Kier molecular flexibility index (Phi) is 8.87. The maximum absolute atomic E-state index is 14.8. The van der Waals surface area contributed by atoms with E-state index in [1.165, 1.54) is 30.6 Å². The highest BCUT2D eigenvalue weighted by molar-refractivity contribution is 6.39. The number of likely N-dealkylation sites (tertiary alicyclic amines) is 1. The minimum Gasteiger partial charge on any atom is -0.482 e. The van der Waals surface area contributed by atoms with Crippen molar-refractivity contribution >= 4 is 29.1 Å². The van der Waals surface area contributed by atoms with Crippen LogP contribution in [0.15, 0.2) is 54.9 Å². The molecule has 0 radical (unpaired) electrons. The van der Waals surface area contributed by atoms with Crippen LogP contribution < -0.4 is 14.8 Å². The number of pyridine rings is 1. The summed E-state index contributed by atoms with van der Waals surface area (Å²) < 4.78 is 63.5. The topological polar surface area (TPSA) is 63.7 Å². The maximum atomic E-state index is 14.8. The smallest absolute Gasteiger partial charge is 0.482 e. The molecule has 1 amide bonds. The number of piperidine rings is 1. The number of benzene rings is 2. The molecule has 2 unspecified atom stereocenters. The van der Waals surface area contributed by atoms with Gasteiger partial charge < -0.3 is 19.7 Å². The molecular formula is C30H29Cl2F4N3O3. The number of aromatic nitrogens is 1. The lowest BCUT2D eigenvalue weighted by molar-refractivity contribution is -0.274. The van der Waals surface area contributed by atoms with Crippen molar-refractivity contribution in [1.29, 1.82) is 0 Å². The van der Waals surface area contributed by atoms with Crippen LogP contribution in [-0.4, -0.2) is 47.8 Å². The number of carbonyl (C=O) groups is 1. The molecule has 5 rings (SSSR count). The number of alkyl halides is 3. The Morgan fingerprint density at radius 1 is 1.14 bits per heavy atom. The molecule has 224 valence electrons. The Hall–Kier alpha value is -3.08. The Morgan fingerprint density at radius 3 is 2.43 bits per heavy atom. The molecule has 2 aromatic carbocycles. The zero-order chi connectivity index (χ0) is 30.1. The van der Waals surface area contributed by atoms with Gasteiger partial charge in [-0.15, -0.1) is 13.2 Å². The van der Waals surface area contributed by atoms with E-state index in [0.29, 0.717) is 29.8 Å². The van der Waals surface area contributed by atoms with Crippen LogP contribution in [0.3, 0.4) is 0 Å². The van der Waals surface area contributed by atoms with Crippen molar-refractivity contribution in [3.8, 4) is 11.5 Å². The summed E-state index contributed by atoms with van der Waals surface area (Å²) in [5, 5.41) is 3.23. The van der Waals surface area contributed by atoms with Crippen molar-refractivity contribution < 1.29 is 31.8 Å². The second-order valence-electron chi connectivity index (χ2n) is 10.6. The molecule has 1 N–H and O–H groups in total. The van der Waals surface area contributed by atoms with E-state index in [1.807, 2.05) is 0 Å². The van der Waals surface area contributed by atoms with Crippen LogP contribution in [0.1, 0.15) is 47.7 Å². The fraction of sp³-hybridized carbons (Fsp3) is 0.400. The van der Waals surface area contributed by atoms with E-state index in [-0.39, 0.29) is 51.5 Å². The van der Waals surface area contributed by atoms with Gasteiger partial charge in [0.05, 0.1) is 15.6 Å². The van der Waals surface area contributed by atoms with E-state index in [0.717, 1.165) is 25.9 Å². The molecule has 1 saturated heterocycles. The SMILES string of the molecule is CC(CCNC(=O)c1c(Cl)cncc1Cl)N1CCC(C2(c3ccc(OC(F)(F)F)cc3)Cc3c(F)cccc3O2)CC1. The third-order valence-corrected chi connectivity index (χ3v) is 8.70. The van der Waals surface area contributed by atoms with Gasteiger partial charge in [0.2, 0.25) is 0 Å². The van der Waals surface area contributed by atoms with Gasteiger partial charge in [0.25, 0.3) is 5.91 Å². The molecule has 2 aliphatic rings. The molecule has 6 nitrogen and oxygen atoms in total. The molecule has 0 saturated carbocycles. The average molecular weight is 626 g/mol. The second kappa shape index (κ2) is 12.3. The Labute approximate surface area is 250 Å². The van der Waals surface area contributed by atoms with Gasteiger partial charge in [-0.05, 0) is 69.1 Å². The summed E-state index contributed by atoms with van der Waals surface area (Å²) in [7, 11) is 0. The lowest BCUT2D eigenvalue weighted by atomic mass is 9.73. The largest absolute Gasteiger partial charge is 0.573 e. The van der Waals surface area contributed by atoms with Gasteiger partial charge in [-0.3, -0.25) is 9.78 Å². The molecule has 1 fully saturated rings. The number of carbonyl (C=O) groups excluding carboxylic acids is 1. The first kappa shape index (κ1) is 30.4. The average Bonchev–Trinajstić information content (AvgIpc) is 3.35. The summed E-state index contributed by atoms with van der Waals surface area (Å²) >= 11 is 12.2. The number of nitrogens with one attached hydrogen (secondary N) is 1. The summed E-state index contributed by atoms with van der Waals surface area (Å²) in [4.78, 5) is 18.8. The predicted molar refractivity (Wildman–Crippen MR) is 151 cm³/mol. The van der Waals surface area contributed by atoms with E-state index < -0.39 is 12.0 Å². The van der Waals surface area contributed by atoms with Gasteiger partial charge in [0.1, 0.15) is 22.9 Å². The first-order chi connectivity index (χ1) is 20.0. The number of rotatable bonds is 8. The molecule has 2 atom stereocenters. The van der Waals surface area contributed by atoms with Crippen molar-refractivity contribution in [3.63, 3.8) is 0 Å². The Bertz CT molecular complexity index is 1410. The first-order valence-corrected chi connectivity index (χ1v) is 14.4. The summed E-state index contributed by atoms with van der Waals surface area (Å²) in [6.07, 6.45) is 0.371. The van der Waals surface area contributed by atoms with Crippen LogP contribution in [-0.2, 0) is 12.0 Å². The number of halogens is 6. The predicted octanol–water partition coefficient (Wildman–Crippen LogP) is 7.18. The summed E-state index contributed by atoms with van der Waals surface area (Å²) in [5.41, 5.74) is 0.414. The zero-order valence-corrected chi connectivity index (χ0v) is 24.2. The zero-order valence-electron chi connectivity index (χ0n) is 22.7. The molecule has 0 bridgehead atoms. The van der Waals surface area contributed by atoms with Crippen LogP contribution in [0.25, 0.3) is 0 Å². The van der Waals surface area contributed by atoms with Gasteiger partial charge in [-0.25, -0.2) is 4.39 Å². The van der Waals surface area contributed by atoms with Crippen LogP contribution in [0.4, 0.5) is 17.6 Å². The normalized spacial score (nSPS) is 20.1. The van der Waals surface area contributed by atoms with E-state index in [4.69, 9.17) is 27.9 Å². The fourth-order valence-electron chi connectivity index (χ4n) is 5.96. The maximum Gasteiger partial charge on any atom is 0.573 e. The van der Waals surface area contributed by atoms with Crippen LogP contribution in [0, 0.1) is 11.7 Å². The first-order valence-electron chi connectivity index (χ1n) is 13.6. The van der Waals surface area contributed by atoms with Crippen molar-refractivity contribution in [3.05, 3.63) is 87.4 Å². The van der Waals surface area contributed by atoms with Crippen LogP contribution >= 0.6 is 23.2 Å².